The molecule has 0 aromatic heterocycles. The number of aliphatic carboxylic acids is 2. The third-order valence-corrected chi connectivity index (χ3v) is 4.51. The van der Waals surface area contributed by atoms with Gasteiger partial charge in [-0.1, -0.05) is 25.0 Å². The summed E-state index contributed by atoms with van der Waals surface area (Å²) in [6.07, 6.45) is 3.59. The summed E-state index contributed by atoms with van der Waals surface area (Å²) in [5.74, 6) is -4.40. The Bertz CT molecular complexity index is 420. The van der Waals surface area contributed by atoms with Gasteiger partial charge in [0.25, 0.3) is 0 Å². The summed E-state index contributed by atoms with van der Waals surface area (Å²) >= 11 is 0. The minimum absolute atomic E-state index is 0.0157. The zero-order valence-corrected chi connectivity index (χ0v) is 10.8. The van der Waals surface area contributed by atoms with Crippen LogP contribution in [0.15, 0.2) is 11.1 Å². The Morgan fingerprint density at radius 2 is 1.67 bits per heavy atom. The Balaban J connectivity index is 2.37. The molecule has 0 amide bonds. The van der Waals surface area contributed by atoms with Crippen LogP contribution in [0.3, 0.4) is 0 Å². The Morgan fingerprint density at radius 1 is 1.11 bits per heavy atom. The predicted octanol–water partition coefficient (Wildman–Crippen LogP) is 0.0191. The molecule has 2 rings (SSSR count). The van der Waals surface area contributed by atoms with Gasteiger partial charge in [0.05, 0.1) is 0 Å². The largest absolute Gasteiger partial charge is 0.550 e. The summed E-state index contributed by atoms with van der Waals surface area (Å²) in [6, 6.07) is 0. The van der Waals surface area contributed by atoms with E-state index in [9.17, 15) is 19.8 Å². The van der Waals surface area contributed by atoms with Crippen molar-refractivity contribution in [3.8, 4) is 0 Å². The third-order valence-electron chi connectivity index (χ3n) is 4.51. The predicted molar refractivity (Wildman–Crippen MR) is 60.9 cm³/mol. The summed E-state index contributed by atoms with van der Waals surface area (Å²) < 4.78 is 0. The molecule has 2 aliphatic rings. The molecule has 4 nitrogen and oxygen atoms in total. The van der Waals surface area contributed by atoms with Crippen LogP contribution in [0, 0.1) is 17.3 Å². The average molecular weight is 250 g/mol. The Kier molecular flexibility index (Phi) is 3.21. The van der Waals surface area contributed by atoms with Gasteiger partial charge in [-0.2, -0.15) is 0 Å². The minimum atomic E-state index is -1.27. The Morgan fingerprint density at radius 3 is 2.22 bits per heavy atom. The Labute approximate surface area is 107 Å². The second kappa shape index (κ2) is 4.41. The van der Waals surface area contributed by atoms with Gasteiger partial charge in [-0.05, 0) is 37.5 Å². The SMILES string of the molecule is CC1(C)CCCC2=C1C[C@@H](C(=O)[O-])[C@H](C(=O)[O-])C2. The molecule has 0 aromatic rings. The molecule has 0 fully saturated rings. The van der Waals surface area contributed by atoms with E-state index in [0.717, 1.165) is 30.4 Å². The smallest absolute Gasteiger partial charge is 0.0455 e. The maximum absolute atomic E-state index is 11.1. The van der Waals surface area contributed by atoms with Crippen LogP contribution >= 0.6 is 0 Å². The van der Waals surface area contributed by atoms with E-state index >= 15 is 0 Å². The number of carbonyl (C=O) groups is 2. The van der Waals surface area contributed by atoms with Crippen LogP contribution in [0.4, 0.5) is 0 Å². The molecule has 2 aliphatic carbocycles. The zero-order chi connectivity index (χ0) is 13.5. The molecule has 0 aliphatic heterocycles. The molecule has 2 atom stereocenters. The average Bonchev–Trinajstić information content (AvgIpc) is 2.27. The summed E-state index contributed by atoms with van der Waals surface area (Å²) in [4.78, 5) is 22.2. The summed E-state index contributed by atoms with van der Waals surface area (Å²) in [7, 11) is 0. The fourth-order valence-electron chi connectivity index (χ4n) is 3.44. The van der Waals surface area contributed by atoms with Crippen LogP contribution in [0.2, 0.25) is 0 Å². The first-order chi connectivity index (χ1) is 8.33. The lowest BCUT2D eigenvalue weighted by Gasteiger charge is -2.44. The Hall–Kier alpha value is -1.32. The molecule has 0 saturated carbocycles. The highest BCUT2D eigenvalue weighted by atomic mass is 16.4. The lowest BCUT2D eigenvalue weighted by Crippen LogP contribution is -2.47. The van der Waals surface area contributed by atoms with Crippen molar-refractivity contribution >= 4 is 11.9 Å². The van der Waals surface area contributed by atoms with Gasteiger partial charge in [-0.25, -0.2) is 0 Å². The molecule has 0 N–H and O–H groups in total. The van der Waals surface area contributed by atoms with Crippen LogP contribution in [-0.2, 0) is 9.59 Å². The maximum atomic E-state index is 11.1. The first-order valence-corrected chi connectivity index (χ1v) is 6.46. The van der Waals surface area contributed by atoms with Crippen molar-refractivity contribution in [2.24, 2.45) is 17.3 Å². The van der Waals surface area contributed by atoms with E-state index in [1.807, 2.05) is 0 Å². The van der Waals surface area contributed by atoms with E-state index in [2.05, 4.69) is 13.8 Å². The number of carboxylic acid groups (broad SMARTS) is 2. The summed E-state index contributed by atoms with van der Waals surface area (Å²) in [6.45, 7) is 4.21. The van der Waals surface area contributed by atoms with Crippen molar-refractivity contribution in [1.82, 2.24) is 0 Å². The maximum Gasteiger partial charge on any atom is 0.0455 e. The molecule has 0 bridgehead atoms. The number of carbonyl (C=O) groups excluding carboxylic acids is 2. The molecular formula is C14H18O4-2. The molecule has 0 aromatic carbocycles. The molecule has 0 heterocycles. The fraction of sp³-hybridized carbons (Fsp3) is 0.714. The van der Waals surface area contributed by atoms with Crippen molar-refractivity contribution in [2.45, 2.75) is 46.0 Å². The van der Waals surface area contributed by atoms with E-state index in [4.69, 9.17) is 0 Å². The summed E-state index contributed by atoms with van der Waals surface area (Å²) in [5, 5.41) is 22.2. The van der Waals surface area contributed by atoms with Crippen molar-refractivity contribution in [3.63, 3.8) is 0 Å². The standard InChI is InChI=1S/C14H20O4/c1-14(2)5-3-4-8-6-9(12(15)16)10(13(17)18)7-11(8)14/h9-10H,3-7H2,1-2H3,(H,15,16)(H,17,18)/p-2/t9-,10-/m1/s1. The van der Waals surface area contributed by atoms with Gasteiger partial charge in [0.1, 0.15) is 0 Å². The van der Waals surface area contributed by atoms with Gasteiger partial charge < -0.3 is 19.8 Å². The molecular weight excluding hydrogens is 232 g/mol. The molecule has 0 spiro atoms. The van der Waals surface area contributed by atoms with E-state index in [1.165, 1.54) is 0 Å². The van der Waals surface area contributed by atoms with E-state index in [-0.39, 0.29) is 5.41 Å². The van der Waals surface area contributed by atoms with Crippen LogP contribution < -0.4 is 10.2 Å². The van der Waals surface area contributed by atoms with Crippen LogP contribution in [-0.4, -0.2) is 11.9 Å². The van der Waals surface area contributed by atoms with Crippen LogP contribution in [0.25, 0.3) is 0 Å². The lowest BCUT2D eigenvalue weighted by molar-refractivity contribution is -0.327. The van der Waals surface area contributed by atoms with Crippen molar-refractivity contribution in [1.29, 1.82) is 0 Å². The van der Waals surface area contributed by atoms with Gasteiger partial charge in [0, 0.05) is 23.8 Å². The van der Waals surface area contributed by atoms with Crippen LogP contribution in [0.1, 0.15) is 46.0 Å². The summed E-state index contributed by atoms with van der Waals surface area (Å²) in [5.41, 5.74) is 2.26. The second-order valence-electron chi connectivity index (χ2n) is 6.08. The molecule has 100 valence electrons. The number of carboxylic acids is 2. The first-order valence-electron chi connectivity index (χ1n) is 6.46. The van der Waals surface area contributed by atoms with E-state index < -0.39 is 23.8 Å². The number of hydrogen-bond donors (Lipinski definition) is 0. The third kappa shape index (κ3) is 2.16. The van der Waals surface area contributed by atoms with Crippen molar-refractivity contribution in [2.75, 3.05) is 0 Å². The number of hydrogen-bond acceptors (Lipinski definition) is 4. The normalized spacial score (nSPS) is 30.8. The monoisotopic (exact) mass is 250 g/mol. The second-order valence-corrected chi connectivity index (χ2v) is 6.08. The number of allylic oxidation sites excluding steroid dienone is 2. The molecule has 4 heteroatoms. The van der Waals surface area contributed by atoms with Gasteiger partial charge in [-0.15, -0.1) is 0 Å². The lowest BCUT2D eigenvalue weighted by atomic mass is 9.63. The van der Waals surface area contributed by atoms with Crippen molar-refractivity contribution < 1.29 is 19.8 Å². The van der Waals surface area contributed by atoms with Crippen molar-refractivity contribution in [3.05, 3.63) is 11.1 Å². The highest BCUT2D eigenvalue weighted by Crippen LogP contribution is 2.49. The molecule has 0 unspecified atom stereocenters. The van der Waals surface area contributed by atoms with E-state index in [0.29, 0.717) is 12.8 Å². The van der Waals surface area contributed by atoms with E-state index in [1.54, 1.807) is 0 Å². The first kappa shape index (κ1) is 13.1. The molecule has 0 radical (unpaired) electrons. The quantitative estimate of drug-likeness (QED) is 0.647. The topological polar surface area (TPSA) is 80.3 Å². The highest BCUT2D eigenvalue weighted by Gasteiger charge is 2.38. The van der Waals surface area contributed by atoms with Gasteiger partial charge in [0.15, 0.2) is 0 Å². The highest BCUT2D eigenvalue weighted by molar-refractivity contribution is 5.79. The van der Waals surface area contributed by atoms with Gasteiger partial charge in [-0.3, -0.25) is 0 Å². The zero-order valence-electron chi connectivity index (χ0n) is 10.8. The fourth-order valence-corrected chi connectivity index (χ4v) is 3.44. The van der Waals surface area contributed by atoms with Gasteiger partial charge in [0.2, 0.25) is 0 Å². The molecule has 18 heavy (non-hydrogen) atoms. The molecule has 0 saturated heterocycles. The minimum Gasteiger partial charge on any atom is -0.550 e. The van der Waals surface area contributed by atoms with Gasteiger partial charge >= 0.3 is 0 Å². The number of rotatable bonds is 2. The van der Waals surface area contributed by atoms with Crippen LogP contribution in [0.5, 0.6) is 0 Å².